The molecule has 0 aliphatic heterocycles. The zero-order valence-electron chi connectivity index (χ0n) is 11.1. The summed E-state index contributed by atoms with van der Waals surface area (Å²) in [5.74, 6) is 1.33. The molecule has 100 valence electrons. The van der Waals surface area contributed by atoms with E-state index in [0.717, 1.165) is 15.8 Å². The van der Waals surface area contributed by atoms with Crippen LogP contribution in [0.4, 0.5) is 0 Å². The van der Waals surface area contributed by atoms with Crippen LogP contribution in [0.5, 0.6) is 11.6 Å². The van der Waals surface area contributed by atoms with Gasteiger partial charge in [-0.3, -0.25) is 0 Å². The van der Waals surface area contributed by atoms with Gasteiger partial charge in [-0.2, -0.15) is 0 Å². The van der Waals surface area contributed by atoms with Crippen molar-refractivity contribution >= 4 is 27.5 Å². The first-order valence-corrected chi connectivity index (χ1v) is 7.13. The van der Waals surface area contributed by atoms with Crippen LogP contribution in [0.1, 0.15) is 26.3 Å². The van der Waals surface area contributed by atoms with Crippen LogP contribution in [-0.2, 0) is 5.41 Å². The normalized spacial score (nSPS) is 11.4. The van der Waals surface area contributed by atoms with Crippen molar-refractivity contribution in [2.24, 2.45) is 0 Å². The Bertz CT molecular complexity index is 593. The number of pyridine rings is 1. The molecule has 1 heterocycles. The molecule has 2 nitrogen and oxygen atoms in total. The molecular formula is C15H15BrClNO. The predicted molar refractivity (Wildman–Crippen MR) is 82.2 cm³/mol. The third-order valence-electron chi connectivity index (χ3n) is 2.68. The van der Waals surface area contributed by atoms with Crippen molar-refractivity contribution in [3.8, 4) is 11.6 Å². The number of ether oxygens (including phenoxy) is 1. The van der Waals surface area contributed by atoms with Gasteiger partial charge in [-0.25, -0.2) is 4.98 Å². The molecule has 0 aliphatic carbocycles. The lowest BCUT2D eigenvalue weighted by atomic mass is 9.86. The highest BCUT2D eigenvalue weighted by molar-refractivity contribution is 9.10. The molecule has 1 aromatic carbocycles. The molecule has 0 amide bonds. The summed E-state index contributed by atoms with van der Waals surface area (Å²) in [6.07, 6.45) is 1.57. The molecule has 0 radical (unpaired) electrons. The molecule has 0 fully saturated rings. The lowest BCUT2D eigenvalue weighted by molar-refractivity contribution is 0.437. The summed E-state index contributed by atoms with van der Waals surface area (Å²) < 4.78 is 6.64. The SMILES string of the molecule is CC(C)(C)c1ccccc1Oc1ncc(Cl)cc1Br. The predicted octanol–water partition coefficient (Wildman–Crippen LogP) is 5.59. The first-order valence-electron chi connectivity index (χ1n) is 5.96. The van der Waals surface area contributed by atoms with Crippen LogP contribution < -0.4 is 4.74 Å². The summed E-state index contributed by atoms with van der Waals surface area (Å²) in [7, 11) is 0. The molecule has 0 N–H and O–H groups in total. The Hall–Kier alpha value is -1.06. The maximum Gasteiger partial charge on any atom is 0.233 e. The zero-order chi connectivity index (χ0) is 14.0. The van der Waals surface area contributed by atoms with E-state index in [1.165, 1.54) is 0 Å². The van der Waals surface area contributed by atoms with Gasteiger partial charge < -0.3 is 4.74 Å². The maximum absolute atomic E-state index is 5.91. The van der Waals surface area contributed by atoms with Gasteiger partial charge in [-0.15, -0.1) is 0 Å². The topological polar surface area (TPSA) is 22.1 Å². The molecule has 19 heavy (non-hydrogen) atoms. The molecule has 0 bridgehead atoms. The minimum Gasteiger partial charge on any atom is -0.438 e. The van der Waals surface area contributed by atoms with Gasteiger partial charge in [0.1, 0.15) is 5.75 Å². The molecule has 0 atom stereocenters. The fourth-order valence-electron chi connectivity index (χ4n) is 1.76. The monoisotopic (exact) mass is 339 g/mol. The van der Waals surface area contributed by atoms with E-state index in [0.29, 0.717) is 10.9 Å². The van der Waals surface area contributed by atoms with Gasteiger partial charge in [0, 0.05) is 11.8 Å². The van der Waals surface area contributed by atoms with E-state index in [1.54, 1.807) is 12.3 Å². The average molecular weight is 341 g/mol. The van der Waals surface area contributed by atoms with Gasteiger partial charge in [0.15, 0.2) is 0 Å². The Morgan fingerprint density at radius 3 is 2.53 bits per heavy atom. The van der Waals surface area contributed by atoms with Crippen LogP contribution in [0, 0.1) is 0 Å². The van der Waals surface area contributed by atoms with Crippen molar-refractivity contribution < 1.29 is 4.74 Å². The summed E-state index contributed by atoms with van der Waals surface area (Å²) in [5.41, 5.74) is 1.15. The highest BCUT2D eigenvalue weighted by Gasteiger charge is 2.19. The van der Waals surface area contributed by atoms with Gasteiger partial charge >= 0.3 is 0 Å². The Labute approximate surface area is 126 Å². The van der Waals surface area contributed by atoms with Crippen molar-refractivity contribution in [3.63, 3.8) is 0 Å². The molecule has 2 rings (SSSR count). The number of aromatic nitrogens is 1. The van der Waals surface area contributed by atoms with Crippen LogP contribution in [0.3, 0.4) is 0 Å². The fourth-order valence-corrected chi connectivity index (χ4v) is 2.48. The second kappa shape index (κ2) is 5.51. The van der Waals surface area contributed by atoms with Gasteiger partial charge in [0.2, 0.25) is 5.88 Å². The van der Waals surface area contributed by atoms with E-state index in [4.69, 9.17) is 16.3 Å². The molecule has 0 spiro atoms. The van der Waals surface area contributed by atoms with Crippen molar-refractivity contribution in [3.05, 3.63) is 51.6 Å². The second-order valence-corrected chi connectivity index (χ2v) is 6.58. The number of hydrogen-bond donors (Lipinski definition) is 0. The van der Waals surface area contributed by atoms with E-state index in [-0.39, 0.29) is 5.41 Å². The lowest BCUT2D eigenvalue weighted by Crippen LogP contribution is -2.12. The number of nitrogens with zero attached hydrogens (tertiary/aromatic N) is 1. The number of halogens is 2. The van der Waals surface area contributed by atoms with Crippen LogP contribution >= 0.6 is 27.5 Å². The molecule has 0 saturated carbocycles. The number of benzene rings is 1. The smallest absolute Gasteiger partial charge is 0.233 e. The minimum absolute atomic E-state index is 0.00942. The molecule has 0 unspecified atom stereocenters. The average Bonchev–Trinajstić information content (AvgIpc) is 2.32. The van der Waals surface area contributed by atoms with Crippen LogP contribution in [0.2, 0.25) is 5.02 Å². The van der Waals surface area contributed by atoms with E-state index in [1.807, 2.05) is 18.2 Å². The van der Waals surface area contributed by atoms with Crippen molar-refractivity contribution in [2.45, 2.75) is 26.2 Å². The van der Waals surface area contributed by atoms with Crippen LogP contribution in [0.15, 0.2) is 41.0 Å². The highest BCUT2D eigenvalue weighted by atomic mass is 79.9. The Kier molecular flexibility index (Phi) is 4.16. The fraction of sp³-hybridized carbons (Fsp3) is 0.267. The largest absolute Gasteiger partial charge is 0.438 e. The number of para-hydroxylation sites is 1. The van der Waals surface area contributed by atoms with Gasteiger partial charge in [0.05, 0.1) is 9.50 Å². The number of rotatable bonds is 2. The van der Waals surface area contributed by atoms with Gasteiger partial charge in [-0.1, -0.05) is 50.6 Å². The van der Waals surface area contributed by atoms with Crippen molar-refractivity contribution in [1.82, 2.24) is 4.98 Å². The number of hydrogen-bond acceptors (Lipinski definition) is 2. The lowest BCUT2D eigenvalue weighted by Gasteiger charge is -2.22. The maximum atomic E-state index is 5.91. The van der Waals surface area contributed by atoms with Gasteiger partial charge in [0.25, 0.3) is 0 Å². The van der Waals surface area contributed by atoms with Crippen LogP contribution in [0.25, 0.3) is 0 Å². The first-order chi connectivity index (χ1) is 8.88. The van der Waals surface area contributed by atoms with Crippen molar-refractivity contribution in [2.75, 3.05) is 0 Å². The summed E-state index contributed by atoms with van der Waals surface area (Å²) in [6.45, 7) is 6.46. The third kappa shape index (κ3) is 3.48. The molecule has 0 saturated heterocycles. The zero-order valence-corrected chi connectivity index (χ0v) is 13.4. The Balaban J connectivity index is 2.39. The molecule has 2 aromatic rings. The highest BCUT2D eigenvalue weighted by Crippen LogP contribution is 2.35. The van der Waals surface area contributed by atoms with E-state index in [2.05, 4.69) is 47.8 Å². The summed E-state index contributed by atoms with van der Waals surface area (Å²) >= 11 is 9.28. The van der Waals surface area contributed by atoms with Crippen LogP contribution in [-0.4, -0.2) is 4.98 Å². The summed E-state index contributed by atoms with van der Waals surface area (Å²) in [6, 6.07) is 9.75. The molecular weight excluding hydrogens is 326 g/mol. The molecule has 4 heteroatoms. The van der Waals surface area contributed by atoms with E-state index < -0.39 is 0 Å². The Morgan fingerprint density at radius 2 is 1.89 bits per heavy atom. The van der Waals surface area contributed by atoms with Gasteiger partial charge in [-0.05, 0) is 33.5 Å². The third-order valence-corrected chi connectivity index (χ3v) is 3.45. The minimum atomic E-state index is 0.00942. The van der Waals surface area contributed by atoms with E-state index >= 15 is 0 Å². The second-order valence-electron chi connectivity index (χ2n) is 5.29. The first kappa shape index (κ1) is 14.4. The molecule has 0 aliphatic rings. The summed E-state index contributed by atoms with van der Waals surface area (Å²) in [5, 5.41) is 0.573. The summed E-state index contributed by atoms with van der Waals surface area (Å²) in [4.78, 5) is 4.20. The standard InChI is InChI=1S/C15H15BrClNO/c1-15(2,3)11-6-4-5-7-13(11)19-14-12(16)8-10(17)9-18-14/h4-9H,1-3H3. The Morgan fingerprint density at radius 1 is 1.21 bits per heavy atom. The molecule has 1 aromatic heterocycles. The van der Waals surface area contributed by atoms with E-state index in [9.17, 15) is 0 Å². The van der Waals surface area contributed by atoms with Crippen molar-refractivity contribution in [1.29, 1.82) is 0 Å². The quantitative estimate of drug-likeness (QED) is 0.711.